The first-order chi connectivity index (χ1) is 10.7. The fourth-order valence-electron chi connectivity index (χ4n) is 2.86. The van der Waals surface area contributed by atoms with Gasteiger partial charge in [0.2, 0.25) is 0 Å². The number of para-hydroxylation sites is 1. The molecule has 0 bridgehead atoms. The van der Waals surface area contributed by atoms with Crippen molar-refractivity contribution in [2.75, 3.05) is 0 Å². The lowest BCUT2D eigenvalue weighted by Crippen LogP contribution is -2.29. The molecule has 1 aliphatic heterocycles. The number of benzene rings is 3. The summed E-state index contributed by atoms with van der Waals surface area (Å²) >= 11 is 0. The molecule has 0 spiro atoms. The number of rotatable bonds is 1. The summed E-state index contributed by atoms with van der Waals surface area (Å²) in [6, 6.07) is 21.1. The topological polar surface area (TPSA) is 49.7 Å². The van der Waals surface area contributed by atoms with Gasteiger partial charge in [0.1, 0.15) is 11.5 Å². The van der Waals surface area contributed by atoms with Crippen molar-refractivity contribution in [3.63, 3.8) is 0 Å². The Hall–Kier alpha value is -2.56. The molecule has 0 aliphatic carbocycles. The lowest BCUT2D eigenvalue weighted by molar-refractivity contribution is 0.425. The first-order valence-electron chi connectivity index (χ1n) is 7.11. The summed E-state index contributed by atoms with van der Waals surface area (Å²) in [7, 11) is -1.50. The molecule has 0 aromatic heterocycles. The molecule has 0 fully saturated rings. The van der Waals surface area contributed by atoms with Crippen molar-refractivity contribution in [2.45, 2.75) is 0 Å². The van der Waals surface area contributed by atoms with E-state index in [1.54, 1.807) is 18.2 Å². The molecule has 0 unspecified atom stereocenters. The zero-order valence-electron chi connectivity index (χ0n) is 11.7. The number of ether oxygens (including phenoxy) is 1. The van der Waals surface area contributed by atoms with Crippen LogP contribution in [-0.2, 0) is 0 Å². The SMILES string of the molecule is OB(O)c1ccc2c(c1)-c1ccccc1-c1ccccc1O2. The summed E-state index contributed by atoms with van der Waals surface area (Å²) < 4.78 is 6.06. The summed E-state index contributed by atoms with van der Waals surface area (Å²) in [4.78, 5) is 0. The van der Waals surface area contributed by atoms with Crippen molar-refractivity contribution in [3.05, 3.63) is 66.7 Å². The Kier molecular flexibility index (Phi) is 3.00. The lowest BCUT2D eigenvalue weighted by atomic mass is 9.78. The van der Waals surface area contributed by atoms with Gasteiger partial charge in [0.05, 0.1) is 0 Å². The molecule has 2 N–H and O–H groups in total. The molecule has 1 aliphatic rings. The van der Waals surface area contributed by atoms with E-state index in [1.807, 2.05) is 42.5 Å². The summed E-state index contributed by atoms with van der Waals surface area (Å²) in [6.07, 6.45) is 0. The van der Waals surface area contributed by atoms with Crippen LogP contribution in [-0.4, -0.2) is 17.2 Å². The summed E-state index contributed by atoms with van der Waals surface area (Å²) in [5.74, 6) is 1.51. The van der Waals surface area contributed by atoms with E-state index in [2.05, 4.69) is 6.07 Å². The van der Waals surface area contributed by atoms with Crippen molar-refractivity contribution in [1.82, 2.24) is 0 Å². The van der Waals surface area contributed by atoms with Crippen molar-refractivity contribution < 1.29 is 14.8 Å². The van der Waals surface area contributed by atoms with Gasteiger partial charge >= 0.3 is 7.12 Å². The summed E-state index contributed by atoms with van der Waals surface area (Å²) in [6.45, 7) is 0. The molecule has 106 valence electrons. The fourth-order valence-corrected chi connectivity index (χ4v) is 2.86. The predicted octanol–water partition coefficient (Wildman–Crippen LogP) is 2.81. The van der Waals surface area contributed by atoms with E-state index in [0.717, 1.165) is 28.0 Å². The lowest BCUT2D eigenvalue weighted by Gasteiger charge is -2.10. The van der Waals surface area contributed by atoms with Gasteiger partial charge in [-0.25, -0.2) is 0 Å². The molecule has 0 saturated carbocycles. The van der Waals surface area contributed by atoms with Gasteiger partial charge in [-0.15, -0.1) is 0 Å². The van der Waals surface area contributed by atoms with Crippen LogP contribution in [0.1, 0.15) is 0 Å². The maximum absolute atomic E-state index is 9.43. The average Bonchev–Trinajstić information content (AvgIpc) is 2.69. The van der Waals surface area contributed by atoms with Crippen LogP contribution < -0.4 is 10.2 Å². The molecule has 3 aromatic rings. The molecule has 4 heteroatoms. The minimum Gasteiger partial charge on any atom is -0.456 e. The van der Waals surface area contributed by atoms with Crippen molar-refractivity contribution >= 4 is 12.6 Å². The third kappa shape index (κ3) is 2.01. The van der Waals surface area contributed by atoms with Crippen LogP contribution in [0.3, 0.4) is 0 Å². The van der Waals surface area contributed by atoms with Gasteiger partial charge in [-0.2, -0.15) is 0 Å². The molecule has 4 rings (SSSR count). The Morgan fingerprint density at radius 1 is 0.636 bits per heavy atom. The maximum Gasteiger partial charge on any atom is 0.488 e. The van der Waals surface area contributed by atoms with Gasteiger partial charge in [-0.05, 0) is 28.7 Å². The average molecular weight is 288 g/mol. The van der Waals surface area contributed by atoms with E-state index in [-0.39, 0.29) is 0 Å². The molecule has 1 heterocycles. The van der Waals surface area contributed by atoms with Crippen LogP contribution >= 0.6 is 0 Å². The molecular weight excluding hydrogens is 275 g/mol. The molecule has 3 aromatic carbocycles. The third-order valence-electron chi connectivity index (χ3n) is 3.92. The molecular formula is C18H13BO3. The van der Waals surface area contributed by atoms with Crippen LogP contribution in [0.5, 0.6) is 11.5 Å². The third-order valence-corrected chi connectivity index (χ3v) is 3.92. The second-order valence-electron chi connectivity index (χ2n) is 5.27. The zero-order valence-corrected chi connectivity index (χ0v) is 11.7. The second kappa shape index (κ2) is 5.02. The normalized spacial score (nSPS) is 11.5. The molecule has 22 heavy (non-hydrogen) atoms. The Balaban J connectivity index is 2.04. The van der Waals surface area contributed by atoms with E-state index >= 15 is 0 Å². The standard InChI is InChI=1S/C18H13BO3/c20-19(21)12-9-10-18-16(11-12)14-6-2-1-5-13(14)15-7-3-4-8-17(15)22-18/h1-11,20-21H. The van der Waals surface area contributed by atoms with Crippen LogP contribution in [0.4, 0.5) is 0 Å². The minimum atomic E-state index is -1.50. The second-order valence-corrected chi connectivity index (χ2v) is 5.27. The van der Waals surface area contributed by atoms with Gasteiger partial charge in [0, 0.05) is 11.1 Å². The molecule has 0 amide bonds. The minimum absolute atomic E-state index is 0.447. The quantitative estimate of drug-likeness (QED) is 0.529. The van der Waals surface area contributed by atoms with E-state index < -0.39 is 7.12 Å². The highest BCUT2D eigenvalue weighted by Gasteiger charge is 2.22. The van der Waals surface area contributed by atoms with Crippen LogP contribution in [0.2, 0.25) is 0 Å². The summed E-state index contributed by atoms with van der Waals surface area (Å²) in [5, 5.41) is 18.9. The highest BCUT2D eigenvalue weighted by Crippen LogP contribution is 2.45. The maximum atomic E-state index is 9.43. The molecule has 0 atom stereocenters. The Morgan fingerprint density at radius 2 is 1.23 bits per heavy atom. The van der Waals surface area contributed by atoms with E-state index in [0.29, 0.717) is 11.2 Å². The first-order valence-corrected chi connectivity index (χ1v) is 7.11. The Labute approximate surface area is 128 Å². The largest absolute Gasteiger partial charge is 0.488 e. The molecule has 3 nitrogen and oxygen atoms in total. The van der Waals surface area contributed by atoms with Crippen LogP contribution in [0.25, 0.3) is 22.3 Å². The Morgan fingerprint density at radius 3 is 1.95 bits per heavy atom. The smallest absolute Gasteiger partial charge is 0.456 e. The number of fused-ring (bicyclic) bond motifs is 5. The first kappa shape index (κ1) is 13.1. The van der Waals surface area contributed by atoms with Gasteiger partial charge in [-0.1, -0.05) is 54.6 Å². The predicted molar refractivity (Wildman–Crippen MR) is 87.2 cm³/mol. The van der Waals surface area contributed by atoms with Gasteiger partial charge in [0.15, 0.2) is 0 Å². The number of hydrogen-bond acceptors (Lipinski definition) is 3. The van der Waals surface area contributed by atoms with Crippen molar-refractivity contribution in [1.29, 1.82) is 0 Å². The monoisotopic (exact) mass is 288 g/mol. The van der Waals surface area contributed by atoms with E-state index in [9.17, 15) is 10.0 Å². The van der Waals surface area contributed by atoms with Crippen LogP contribution in [0.15, 0.2) is 66.7 Å². The van der Waals surface area contributed by atoms with Crippen LogP contribution in [0, 0.1) is 0 Å². The van der Waals surface area contributed by atoms with Gasteiger partial charge in [-0.3, -0.25) is 0 Å². The van der Waals surface area contributed by atoms with E-state index in [4.69, 9.17) is 4.74 Å². The van der Waals surface area contributed by atoms with E-state index in [1.165, 1.54) is 0 Å². The summed E-state index contributed by atoms with van der Waals surface area (Å²) in [5.41, 5.74) is 4.42. The van der Waals surface area contributed by atoms with Crippen molar-refractivity contribution in [2.24, 2.45) is 0 Å². The zero-order chi connectivity index (χ0) is 15.1. The highest BCUT2D eigenvalue weighted by molar-refractivity contribution is 6.58. The van der Waals surface area contributed by atoms with Crippen molar-refractivity contribution in [3.8, 4) is 33.8 Å². The molecule has 0 saturated heterocycles. The Bertz CT molecular complexity index is 858. The van der Waals surface area contributed by atoms with Gasteiger partial charge < -0.3 is 14.8 Å². The fraction of sp³-hybridized carbons (Fsp3) is 0. The molecule has 0 radical (unpaired) electrons. The van der Waals surface area contributed by atoms with Gasteiger partial charge in [0.25, 0.3) is 0 Å². The number of hydrogen-bond donors (Lipinski definition) is 2. The highest BCUT2D eigenvalue weighted by atomic mass is 16.5.